The number of aromatic nitrogens is 3. The van der Waals surface area contributed by atoms with Gasteiger partial charge in [0.2, 0.25) is 5.91 Å². The van der Waals surface area contributed by atoms with Gasteiger partial charge in [0.25, 0.3) is 0 Å². The quantitative estimate of drug-likeness (QED) is 0.702. The largest absolute Gasteiger partial charge is 0.353 e. The Morgan fingerprint density at radius 3 is 2.48 bits per heavy atom. The molecule has 7 heteroatoms. The minimum atomic E-state index is 0.109. The second-order valence-electron chi connectivity index (χ2n) is 8.48. The molecule has 1 aromatic carbocycles. The Balaban J connectivity index is 1.56. The zero-order chi connectivity index (χ0) is 21.0. The molecule has 158 valence electrons. The molecule has 0 radical (unpaired) electrons. The summed E-state index contributed by atoms with van der Waals surface area (Å²) in [6.07, 6.45) is 1.77. The van der Waals surface area contributed by atoms with Crippen LogP contribution in [0.15, 0.2) is 30.3 Å². The lowest BCUT2D eigenvalue weighted by Gasteiger charge is -2.32. The predicted octanol–water partition coefficient (Wildman–Crippen LogP) is 3.60. The average Bonchev–Trinajstić information content (AvgIpc) is 2.96. The number of hydrogen-bond acceptors (Lipinski definition) is 4. The summed E-state index contributed by atoms with van der Waals surface area (Å²) in [5.41, 5.74) is 1.22. The van der Waals surface area contributed by atoms with Crippen molar-refractivity contribution in [1.82, 2.24) is 24.6 Å². The van der Waals surface area contributed by atoms with Crippen LogP contribution in [0.25, 0.3) is 0 Å². The van der Waals surface area contributed by atoms with Crippen molar-refractivity contribution in [1.29, 1.82) is 0 Å². The van der Waals surface area contributed by atoms with Crippen molar-refractivity contribution < 1.29 is 4.79 Å². The number of aryl methyl sites for hydroxylation is 1. The number of hydrogen-bond donors (Lipinski definition) is 1. The van der Waals surface area contributed by atoms with Gasteiger partial charge in [0.15, 0.2) is 4.77 Å². The van der Waals surface area contributed by atoms with Crippen LogP contribution in [0.3, 0.4) is 0 Å². The third kappa shape index (κ3) is 5.54. The molecule has 1 saturated heterocycles. The summed E-state index contributed by atoms with van der Waals surface area (Å²) in [5, 5.41) is 7.83. The van der Waals surface area contributed by atoms with E-state index in [1.54, 1.807) is 0 Å². The van der Waals surface area contributed by atoms with Crippen molar-refractivity contribution >= 4 is 18.1 Å². The Morgan fingerprint density at radius 1 is 1.21 bits per heavy atom. The summed E-state index contributed by atoms with van der Waals surface area (Å²) in [7, 11) is 0. The van der Waals surface area contributed by atoms with E-state index >= 15 is 0 Å². The fourth-order valence-electron chi connectivity index (χ4n) is 3.62. The minimum Gasteiger partial charge on any atom is -0.353 e. The second kappa shape index (κ2) is 9.67. The molecule has 1 atom stereocenters. The first-order valence-corrected chi connectivity index (χ1v) is 11.0. The smallest absolute Gasteiger partial charge is 0.223 e. The fourth-order valence-corrected chi connectivity index (χ4v) is 3.92. The van der Waals surface area contributed by atoms with Crippen LogP contribution < -0.4 is 5.32 Å². The van der Waals surface area contributed by atoms with Crippen molar-refractivity contribution in [2.75, 3.05) is 13.1 Å². The Hall–Kier alpha value is -1.99. The van der Waals surface area contributed by atoms with Crippen molar-refractivity contribution in [2.45, 2.75) is 59.8 Å². The topological polar surface area (TPSA) is 55.1 Å². The van der Waals surface area contributed by atoms with Crippen molar-refractivity contribution in [2.24, 2.45) is 11.8 Å². The van der Waals surface area contributed by atoms with Gasteiger partial charge in [0.1, 0.15) is 5.82 Å². The molecule has 6 nitrogen and oxygen atoms in total. The molecule has 29 heavy (non-hydrogen) atoms. The van der Waals surface area contributed by atoms with Crippen LogP contribution in [0.1, 0.15) is 45.0 Å². The first-order valence-electron chi connectivity index (χ1n) is 10.6. The van der Waals surface area contributed by atoms with Crippen LogP contribution in [-0.2, 0) is 18.0 Å². The van der Waals surface area contributed by atoms with E-state index in [1.165, 1.54) is 5.56 Å². The molecule has 1 aliphatic heterocycles. The zero-order valence-electron chi connectivity index (χ0n) is 18.0. The number of carbonyl (C=O) groups excluding carboxylic acids is 1. The molecule has 1 aliphatic rings. The van der Waals surface area contributed by atoms with E-state index in [-0.39, 0.29) is 17.9 Å². The van der Waals surface area contributed by atoms with E-state index in [2.05, 4.69) is 52.8 Å². The van der Waals surface area contributed by atoms with Crippen molar-refractivity contribution in [3.63, 3.8) is 0 Å². The van der Waals surface area contributed by atoms with Gasteiger partial charge < -0.3 is 5.32 Å². The second-order valence-corrected chi connectivity index (χ2v) is 8.84. The maximum absolute atomic E-state index is 12.5. The van der Waals surface area contributed by atoms with E-state index in [0.717, 1.165) is 43.1 Å². The van der Waals surface area contributed by atoms with Crippen molar-refractivity contribution in [3.8, 4) is 0 Å². The number of likely N-dealkylation sites (tertiary alicyclic amines) is 1. The van der Waals surface area contributed by atoms with Gasteiger partial charge in [-0.1, -0.05) is 44.2 Å². The summed E-state index contributed by atoms with van der Waals surface area (Å²) in [4.78, 5) is 14.8. The minimum absolute atomic E-state index is 0.109. The summed E-state index contributed by atoms with van der Waals surface area (Å²) in [5.74, 6) is 1.69. The molecule has 2 aromatic rings. The van der Waals surface area contributed by atoms with Gasteiger partial charge in [-0.15, -0.1) is 0 Å². The number of amides is 1. The summed E-state index contributed by atoms with van der Waals surface area (Å²) < 4.78 is 4.74. The highest BCUT2D eigenvalue weighted by Gasteiger charge is 2.26. The number of nitrogens with one attached hydrogen (secondary N) is 1. The Morgan fingerprint density at radius 2 is 1.86 bits per heavy atom. The molecular formula is C22H33N5OS. The molecular weight excluding hydrogens is 382 g/mol. The maximum Gasteiger partial charge on any atom is 0.223 e. The van der Waals surface area contributed by atoms with Gasteiger partial charge in [0, 0.05) is 25.0 Å². The van der Waals surface area contributed by atoms with Gasteiger partial charge >= 0.3 is 0 Å². The van der Waals surface area contributed by atoms with E-state index in [1.807, 2.05) is 29.8 Å². The third-order valence-electron chi connectivity index (χ3n) is 5.95. The van der Waals surface area contributed by atoms with Crippen molar-refractivity contribution in [3.05, 3.63) is 46.5 Å². The summed E-state index contributed by atoms with van der Waals surface area (Å²) >= 11 is 5.69. The molecule has 2 heterocycles. The highest BCUT2D eigenvalue weighted by molar-refractivity contribution is 7.71. The van der Waals surface area contributed by atoms with Crippen LogP contribution in [0, 0.1) is 23.5 Å². The normalized spacial score (nSPS) is 16.9. The number of rotatable bonds is 7. The Labute approximate surface area is 178 Å². The highest BCUT2D eigenvalue weighted by atomic mass is 32.1. The zero-order valence-corrected chi connectivity index (χ0v) is 18.8. The molecule has 0 bridgehead atoms. The van der Waals surface area contributed by atoms with Gasteiger partial charge in [-0.2, -0.15) is 5.10 Å². The lowest BCUT2D eigenvalue weighted by atomic mass is 9.95. The summed E-state index contributed by atoms with van der Waals surface area (Å²) in [6, 6.07) is 10.5. The number of benzene rings is 1. The van der Waals surface area contributed by atoms with Gasteiger partial charge in [-0.25, -0.2) is 4.68 Å². The number of carbonyl (C=O) groups is 1. The van der Waals surface area contributed by atoms with Crippen LogP contribution in [-0.4, -0.2) is 44.3 Å². The maximum atomic E-state index is 12.5. The average molecular weight is 416 g/mol. The van der Waals surface area contributed by atoms with Gasteiger partial charge in [-0.3, -0.25) is 14.3 Å². The third-order valence-corrected chi connectivity index (χ3v) is 6.38. The predicted molar refractivity (Wildman–Crippen MR) is 118 cm³/mol. The van der Waals surface area contributed by atoms with Crippen LogP contribution in [0.5, 0.6) is 0 Å². The van der Waals surface area contributed by atoms with Gasteiger partial charge in [0.05, 0.1) is 13.2 Å². The molecule has 3 rings (SSSR count). The number of nitrogens with zero attached hydrogens (tertiary/aromatic N) is 4. The molecule has 0 aliphatic carbocycles. The van der Waals surface area contributed by atoms with E-state index in [4.69, 9.17) is 12.2 Å². The Bertz CT molecular complexity index is 865. The molecule has 1 amide bonds. The van der Waals surface area contributed by atoms with Crippen LogP contribution >= 0.6 is 12.2 Å². The fraction of sp³-hybridized carbons (Fsp3) is 0.591. The molecule has 0 spiro atoms. The SMILES string of the molecule is Cc1nn(CN2CCC(C(=O)NC(C)C(C)C)CC2)c(=S)n1Cc1ccccc1. The van der Waals surface area contributed by atoms with Gasteiger partial charge in [-0.05, 0) is 50.4 Å². The highest BCUT2D eigenvalue weighted by Crippen LogP contribution is 2.19. The lowest BCUT2D eigenvalue weighted by molar-refractivity contribution is -0.127. The molecule has 1 aromatic heterocycles. The van der Waals surface area contributed by atoms with E-state index < -0.39 is 0 Å². The standard InChI is InChI=1S/C22H33N5OS/c1-16(2)17(3)23-21(28)20-10-12-25(13-11-20)15-27-22(29)26(18(4)24-27)14-19-8-6-5-7-9-19/h5-9,16-17,20H,10-15H2,1-4H3,(H,23,28). The molecule has 1 unspecified atom stereocenters. The number of piperidine rings is 1. The van der Waals surface area contributed by atoms with Crippen LogP contribution in [0.4, 0.5) is 0 Å². The van der Waals surface area contributed by atoms with E-state index in [0.29, 0.717) is 12.6 Å². The first-order chi connectivity index (χ1) is 13.8. The Kier molecular flexibility index (Phi) is 7.24. The van der Waals surface area contributed by atoms with E-state index in [9.17, 15) is 4.79 Å². The first kappa shape index (κ1) is 21.7. The monoisotopic (exact) mass is 415 g/mol. The molecule has 1 N–H and O–H groups in total. The molecule has 0 saturated carbocycles. The van der Waals surface area contributed by atoms with Crippen LogP contribution in [0.2, 0.25) is 0 Å². The molecule has 1 fully saturated rings. The lowest BCUT2D eigenvalue weighted by Crippen LogP contribution is -2.44. The summed E-state index contributed by atoms with van der Waals surface area (Å²) in [6.45, 7) is 11.5.